The fourth-order valence-corrected chi connectivity index (χ4v) is 4.30. The molecule has 140 valence electrons. The van der Waals surface area contributed by atoms with Crippen molar-refractivity contribution in [3.63, 3.8) is 0 Å². The number of aliphatic hydroxyl groups is 2. The van der Waals surface area contributed by atoms with Gasteiger partial charge in [-0.3, -0.25) is 9.69 Å². The highest BCUT2D eigenvalue weighted by atomic mass is 16.6. The minimum absolute atomic E-state index is 0.0205. The van der Waals surface area contributed by atoms with E-state index in [-0.39, 0.29) is 24.7 Å². The summed E-state index contributed by atoms with van der Waals surface area (Å²) in [5.74, 6) is -2.92. The third kappa shape index (κ3) is 2.78. The molecule has 0 aromatic rings. The molecule has 0 bridgehead atoms. The third-order valence-electron chi connectivity index (χ3n) is 5.96. The number of hydrogen-bond acceptors (Lipinski definition) is 7. The fourth-order valence-electron chi connectivity index (χ4n) is 4.30. The average molecular weight is 353 g/mol. The zero-order valence-electron chi connectivity index (χ0n) is 15.2. The second-order valence-electron chi connectivity index (χ2n) is 8.00. The molecule has 2 fully saturated rings. The van der Waals surface area contributed by atoms with Crippen LogP contribution in [0.5, 0.6) is 0 Å². The van der Waals surface area contributed by atoms with E-state index in [1.807, 2.05) is 6.08 Å². The van der Waals surface area contributed by atoms with Gasteiger partial charge in [0, 0.05) is 13.1 Å². The smallest absolute Gasteiger partial charge is 0.341 e. The lowest BCUT2D eigenvalue weighted by molar-refractivity contribution is -0.210. The molecule has 7 heteroatoms. The summed E-state index contributed by atoms with van der Waals surface area (Å²) in [5, 5.41) is 21.7. The summed E-state index contributed by atoms with van der Waals surface area (Å²) in [6.45, 7) is 7.54. The summed E-state index contributed by atoms with van der Waals surface area (Å²) in [7, 11) is 0. The van der Waals surface area contributed by atoms with Crippen LogP contribution < -0.4 is 0 Å². The molecule has 3 rings (SSSR count). The van der Waals surface area contributed by atoms with Gasteiger partial charge >= 0.3 is 11.9 Å². The summed E-state index contributed by atoms with van der Waals surface area (Å²) in [5.41, 5.74) is -3.39. The molecule has 25 heavy (non-hydrogen) atoms. The lowest BCUT2D eigenvalue weighted by atomic mass is 9.71. The molecule has 0 amide bonds. The number of nitrogens with zero attached hydrogens (tertiary/aromatic N) is 1. The summed E-state index contributed by atoms with van der Waals surface area (Å²) in [6.07, 6.45) is 2.34. The third-order valence-corrected chi connectivity index (χ3v) is 5.96. The predicted molar refractivity (Wildman–Crippen MR) is 88.5 cm³/mol. The van der Waals surface area contributed by atoms with Crippen LogP contribution in [0, 0.1) is 11.8 Å². The first-order chi connectivity index (χ1) is 11.6. The van der Waals surface area contributed by atoms with Gasteiger partial charge in [-0.05, 0) is 31.8 Å². The largest absolute Gasteiger partial charge is 0.460 e. The fraction of sp³-hybridized carbons (Fsp3) is 0.778. The number of carbonyl (C=O) groups is 2. The minimum atomic E-state index is -2.24. The van der Waals surface area contributed by atoms with Crippen molar-refractivity contribution in [1.29, 1.82) is 0 Å². The molecular weight excluding hydrogens is 326 g/mol. The first kappa shape index (κ1) is 18.4. The lowest BCUT2D eigenvalue weighted by Crippen LogP contribution is -2.63. The lowest BCUT2D eigenvalue weighted by Gasteiger charge is -2.42. The van der Waals surface area contributed by atoms with Gasteiger partial charge in [-0.1, -0.05) is 19.9 Å². The van der Waals surface area contributed by atoms with Crippen molar-refractivity contribution in [2.24, 2.45) is 11.8 Å². The normalized spacial score (nSPS) is 42.5. The maximum absolute atomic E-state index is 12.9. The van der Waals surface area contributed by atoms with Crippen LogP contribution in [0.2, 0.25) is 0 Å². The zero-order valence-corrected chi connectivity index (χ0v) is 15.2. The second kappa shape index (κ2) is 6.07. The summed E-state index contributed by atoms with van der Waals surface area (Å²) in [4.78, 5) is 27.6. The van der Waals surface area contributed by atoms with Crippen molar-refractivity contribution in [2.75, 3.05) is 19.7 Å². The Hall–Kier alpha value is -1.44. The van der Waals surface area contributed by atoms with Crippen LogP contribution in [0.1, 0.15) is 34.1 Å². The minimum Gasteiger partial charge on any atom is -0.460 e. The van der Waals surface area contributed by atoms with Gasteiger partial charge in [0.05, 0.1) is 12.0 Å². The highest BCUT2D eigenvalue weighted by Gasteiger charge is 2.58. The van der Waals surface area contributed by atoms with Crippen LogP contribution in [-0.4, -0.2) is 70.1 Å². The standard InChI is InChI=1S/C18H27NO6/c1-10(2)13-15(20)25-12-6-8-19-7-5-11(14(12)19)9-24-16(21)18(4,23)17(13,3)22/h5,10,12-14,22-23H,6-9H2,1-4H3/t12-,13?,14-,17-,18+/m1/s1. The molecule has 2 N–H and O–H groups in total. The van der Waals surface area contributed by atoms with E-state index in [0.29, 0.717) is 6.42 Å². The molecule has 0 aliphatic carbocycles. The molecule has 3 heterocycles. The summed E-state index contributed by atoms with van der Waals surface area (Å²) < 4.78 is 11.1. The molecule has 0 spiro atoms. The van der Waals surface area contributed by atoms with Crippen LogP contribution in [0.15, 0.2) is 11.6 Å². The van der Waals surface area contributed by atoms with Gasteiger partial charge in [-0.25, -0.2) is 4.79 Å². The average Bonchev–Trinajstić information content (AvgIpc) is 3.06. The Morgan fingerprint density at radius 1 is 1.28 bits per heavy atom. The van der Waals surface area contributed by atoms with Gasteiger partial charge in [0.2, 0.25) is 0 Å². The number of cyclic esters (lactones) is 1. The zero-order chi connectivity index (χ0) is 18.6. The molecule has 7 nitrogen and oxygen atoms in total. The Kier molecular flexibility index (Phi) is 4.46. The van der Waals surface area contributed by atoms with Crippen LogP contribution in [0.3, 0.4) is 0 Å². The number of rotatable bonds is 1. The Morgan fingerprint density at radius 3 is 2.60 bits per heavy atom. The Bertz CT molecular complexity index is 609. The van der Waals surface area contributed by atoms with Gasteiger partial charge in [0.1, 0.15) is 18.3 Å². The number of ether oxygens (including phenoxy) is 2. The molecule has 2 saturated heterocycles. The highest BCUT2D eigenvalue weighted by molar-refractivity contribution is 5.84. The topological polar surface area (TPSA) is 96.3 Å². The highest BCUT2D eigenvalue weighted by Crippen LogP contribution is 2.39. The van der Waals surface area contributed by atoms with E-state index >= 15 is 0 Å². The van der Waals surface area contributed by atoms with Crippen molar-refractivity contribution in [3.8, 4) is 0 Å². The van der Waals surface area contributed by atoms with Crippen molar-refractivity contribution in [1.82, 2.24) is 4.90 Å². The van der Waals surface area contributed by atoms with E-state index in [2.05, 4.69) is 4.90 Å². The Labute approximate surface area is 147 Å². The van der Waals surface area contributed by atoms with Crippen LogP contribution in [0.4, 0.5) is 0 Å². The van der Waals surface area contributed by atoms with Crippen LogP contribution in [-0.2, 0) is 19.1 Å². The first-order valence-electron chi connectivity index (χ1n) is 8.82. The van der Waals surface area contributed by atoms with E-state index in [4.69, 9.17) is 9.47 Å². The Balaban J connectivity index is 2.02. The Morgan fingerprint density at radius 2 is 1.96 bits per heavy atom. The van der Waals surface area contributed by atoms with Gasteiger partial charge < -0.3 is 19.7 Å². The molecule has 0 saturated carbocycles. The monoisotopic (exact) mass is 353 g/mol. The van der Waals surface area contributed by atoms with E-state index in [1.54, 1.807) is 13.8 Å². The van der Waals surface area contributed by atoms with E-state index in [1.165, 1.54) is 13.8 Å². The molecule has 5 atom stereocenters. The molecule has 3 aliphatic heterocycles. The van der Waals surface area contributed by atoms with Crippen molar-refractivity contribution < 1.29 is 29.3 Å². The first-order valence-corrected chi connectivity index (χ1v) is 8.82. The molecule has 1 unspecified atom stereocenters. The quantitative estimate of drug-likeness (QED) is 0.515. The SMILES string of the molecule is CC(C)C1C(=O)O[C@@H]2CCN3CC=C(COC(=O)[C@](C)(O)[C@]1(C)O)[C@H]23. The van der Waals surface area contributed by atoms with E-state index in [9.17, 15) is 19.8 Å². The van der Waals surface area contributed by atoms with Crippen molar-refractivity contribution in [2.45, 2.75) is 57.5 Å². The maximum atomic E-state index is 12.9. The number of hydrogen-bond donors (Lipinski definition) is 2. The van der Waals surface area contributed by atoms with E-state index < -0.39 is 29.1 Å². The van der Waals surface area contributed by atoms with Gasteiger partial charge in [0.25, 0.3) is 0 Å². The summed E-state index contributed by atoms with van der Waals surface area (Å²) in [6, 6.07) is -0.0995. The van der Waals surface area contributed by atoms with Crippen LogP contribution >= 0.6 is 0 Å². The van der Waals surface area contributed by atoms with Crippen LogP contribution in [0.25, 0.3) is 0 Å². The predicted octanol–water partition coefficient (Wildman–Crippen LogP) is 0.244. The second-order valence-corrected chi connectivity index (χ2v) is 8.00. The summed E-state index contributed by atoms with van der Waals surface area (Å²) >= 11 is 0. The van der Waals surface area contributed by atoms with E-state index in [0.717, 1.165) is 18.7 Å². The van der Waals surface area contributed by atoms with Gasteiger partial charge in [0.15, 0.2) is 5.60 Å². The molecule has 0 aromatic heterocycles. The van der Waals surface area contributed by atoms with Crippen molar-refractivity contribution >= 4 is 11.9 Å². The number of carbonyl (C=O) groups excluding carboxylic acids is 2. The number of esters is 2. The molecule has 0 radical (unpaired) electrons. The molecule has 0 aromatic carbocycles. The maximum Gasteiger partial charge on any atom is 0.341 e. The molecule has 3 aliphatic rings. The molecular formula is C18H27NO6. The van der Waals surface area contributed by atoms with Gasteiger partial charge in [-0.2, -0.15) is 0 Å². The van der Waals surface area contributed by atoms with Crippen molar-refractivity contribution in [3.05, 3.63) is 11.6 Å². The van der Waals surface area contributed by atoms with Gasteiger partial charge in [-0.15, -0.1) is 0 Å².